The van der Waals surface area contributed by atoms with Crippen molar-refractivity contribution in [2.24, 2.45) is 0 Å². The quantitative estimate of drug-likeness (QED) is 0.120. The molecule has 0 amide bonds. The normalized spacial score (nSPS) is 17.0. The molecular weight excluding hydrogens is 1030 g/mol. The molecule has 0 bridgehead atoms. The molecule has 85 heavy (non-hydrogen) atoms. The minimum Gasteiger partial charge on any atom is -0.396 e. The maximum absolute atomic E-state index is 10.4. The van der Waals surface area contributed by atoms with Crippen molar-refractivity contribution in [1.82, 2.24) is 0 Å². The fourth-order valence-corrected chi connectivity index (χ4v) is 16.7. The van der Waals surface area contributed by atoms with E-state index in [0.717, 1.165) is 12.8 Å². The van der Waals surface area contributed by atoms with Crippen LogP contribution in [0.2, 0.25) is 0 Å². The third kappa shape index (κ3) is 6.78. The van der Waals surface area contributed by atoms with E-state index in [1.807, 2.05) is 0 Å². The molecule has 2 nitrogen and oxygen atoms in total. The van der Waals surface area contributed by atoms with Gasteiger partial charge in [0.15, 0.2) is 0 Å². The predicted octanol–water partition coefficient (Wildman–Crippen LogP) is 20.7. The number of aliphatic hydroxyl groups excluding tert-OH is 2. The van der Waals surface area contributed by atoms with Gasteiger partial charge < -0.3 is 10.2 Å². The molecule has 0 heterocycles. The predicted molar refractivity (Wildman–Crippen MR) is 355 cm³/mol. The number of hydrogen-bond acceptors (Lipinski definition) is 2. The molecule has 0 saturated heterocycles. The zero-order chi connectivity index (χ0) is 57.1. The molecule has 2 atom stereocenters. The molecule has 2 heteroatoms. The van der Waals surface area contributed by atoms with Gasteiger partial charge in [-0.3, -0.25) is 0 Å². The molecule has 0 saturated carbocycles. The minimum atomic E-state index is -0.479. The molecule has 12 aromatic rings. The molecule has 12 aromatic carbocycles. The van der Waals surface area contributed by atoms with Crippen molar-refractivity contribution in [3.05, 3.63) is 277 Å². The fourth-order valence-electron chi connectivity index (χ4n) is 16.7. The van der Waals surface area contributed by atoms with Crippen LogP contribution in [0.15, 0.2) is 244 Å². The number of rotatable bonds is 12. The standard InChI is InChI=1S/C83H62O2/c1-5-82(39-13-41-84)75-45-51(25-31-63(75)65-33-27-53(47-77(65)82)55-35-37-71-59-17-9-7-15-57(59)69-21-11-19-67(55)79(69)71)49-23-29-61-62-30-24-50(44-74(62)81(3,4)73(61)43-49)52-26-32-64-66-34-28-54(48-78(66)83(6-2,40-14-42-85)76(64)46-52)56-36-38-72-60-18-10-8-16-58(60)70-22-12-20-68(56)80(70)72/h5-12,15-38,43-48,84-85H,1-2,13-14,39-42H2,3-4H3. The van der Waals surface area contributed by atoms with E-state index in [-0.39, 0.29) is 18.6 Å². The molecule has 0 fully saturated rings. The van der Waals surface area contributed by atoms with Gasteiger partial charge in [0.05, 0.1) is 0 Å². The molecule has 406 valence electrons. The van der Waals surface area contributed by atoms with Gasteiger partial charge in [-0.1, -0.05) is 208 Å². The Kier molecular flexibility index (Phi) is 10.8. The molecule has 0 spiro atoms. The molecule has 0 aromatic heterocycles. The smallest absolute Gasteiger partial charge is 0.0431 e. The maximum atomic E-state index is 10.4. The van der Waals surface area contributed by atoms with Crippen LogP contribution in [0.25, 0.3) is 144 Å². The lowest BCUT2D eigenvalue weighted by Crippen LogP contribution is -2.23. The highest BCUT2D eigenvalue weighted by Gasteiger charge is 2.44. The van der Waals surface area contributed by atoms with Crippen LogP contribution < -0.4 is 0 Å². The highest BCUT2D eigenvalue weighted by molar-refractivity contribution is 6.20. The number of benzene rings is 12. The zero-order valence-corrected chi connectivity index (χ0v) is 48.0. The molecule has 5 aliphatic rings. The summed E-state index contributed by atoms with van der Waals surface area (Å²) in [6.45, 7) is 14.2. The van der Waals surface area contributed by atoms with Gasteiger partial charge in [0.1, 0.15) is 0 Å². The van der Waals surface area contributed by atoms with Crippen molar-refractivity contribution < 1.29 is 10.2 Å². The lowest BCUT2D eigenvalue weighted by atomic mass is 9.73. The van der Waals surface area contributed by atoms with E-state index in [0.29, 0.717) is 12.8 Å². The van der Waals surface area contributed by atoms with E-state index >= 15 is 0 Å². The molecule has 17 rings (SSSR count). The Morgan fingerprint density at radius 1 is 0.294 bits per heavy atom. The summed E-state index contributed by atoms with van der Waals surface area (Å²) >= 11 is 0. The fraction of sp³-hybridized carbons (Fsp3) is 0.133. The third-order valence-corrected chi connectivity index (χ3v) is 20.8. The van der Waals surface area contributed by atoms with Gasteiger partial charge in [-0.25, -0.2) is 0 Å². The van der Waals surface area contributed by atoms with E-state index in [1.165, 1.54) is 177 Å². The first-order valence-electron chi connectivity index (χ1n) is 30.4. The first-order valence-corrected chi connectivity index (χ1v) is 30.4. The van der Waals surface area contributed by atoms with Gasteiger partial charge in [0.2, 0.25) is 0 Å². The van der Waals surface area contributed by atoms with Crippen molar-refractivity contribution in [3.8, 4) is 122 Å². The van der Waals surface area contributed by atoms with E-state index in [1.54, 1.807) is 0 Å². The van der Waals surface area contributed by atoms with Gasteiger partial charge >= 0.3 is 0 Å². The number of hydrogen-bond donors (Lipinski definition) is 2. The average Bonchev–Trinajstić information content (AvgIpc) is 1.76. The first-order chi connectivity index (χ1) is 41.7. The van der Waals surface area contributed by atoms with Crippen LogP contribution in [-0.2, 0) is 16.2 Å². The van der Waals surface area contributed by atoms with Crippen LogP contribution in [0, 0.1) is 0 Å². The Bertz CT molecular complexity index is 4580. The lowest BCUT2D eigenvalue weighted by Gasteiger charge is -2.29. The molecule has 2 N–H and O–H groups in total. The van der Waals surface area contributed by atoms with Crippen LogP contribution in [0.4, 0.5) is 0 Å². The topological polar surface area (TPSA) is 40.5 Å². The Hall–Kier alpha value is -9.44. The Labute approximate surface area is 497 Å². The Morgan fingerprint density at radius 2 is 0.565 bits per heavy atom. The molecule has 2 unspecified atom stereocenters. The Morgan fingerprint density at radius 3 is 0.906 bits per heavy atom. The molecule has 0 radical (unpaired) electrons. The third-order valence-electron chi connectivity index (χ3n) is 20.8. The van der Waals surface area contributed by atoms with E-state index < -0.39 is 10.8 Å². The zero-order valence-electron chi connectivity index (χ0n) is 48.0. The Balaban J connectivity index is 0.703. The second-order valence-corrected chi connectivity index (χ2v) is 25.1. The maximum Gasteiger partial charge on any atom is 0.0431 e. The second-order valence-electron chi connectivity index (χ2n) is 25.1. The van der Waals surface area contributed by atoms with Crippen molar-refractivity contribution in [3.63, 3.8) is 0 Å². The lowest BCUT2D eigenvalue weighted by molar-refractivity contribution is 0.276. The van der Waals surface area contributed by atoms with Gasteiger partial charge in [0.25, 0.3) is 0 Å². The van der Waals surface area contributed by atoms with Crippen LogP contribution in [0.3, 0.4) is 0 Å². The highest BCUT2D eigenvalue weighted by atomic mass is 16.3. The van der Waals surface area contributed by atoms with Crippen molar-refractivity contribution in [2.45, 2.75) is 55.8 Å². The number of allylic oxidation sites excluding steroid dienone is 2. The van der Waals surface area contributed by atoms with Gasteiger partial charge in [-0.15, -0.1) is 13.2 Å². The van der Waals surface area contributed by atoms with Crippen LogP contribution in [0.5, 0.6) is 0 Å². The van der Waals surface area contributed by atoms with Crippen molar-refractivity contribution in [2.75, 3.05) is 13.2 Å². The van der Waals surface area contributed by atoms with Gasteiger partial charge in [-0.05, 0) is 239 Å². The summed E-state index contributed by atoms with van der Waals surface area (Å²) in [5.74, 6) is 0. The monoisotopic (exact) mass is 1090 g/mol. The summed E-state index contributed by atoms with van der Waals surface area (Å²) in [6, 6.07) is 82.7. The van der Waals surface area contributed by atoms with Crippen LogP contribution in [-0.4, -0.2) is 23.4 Å². The van der Waals surface area contributed by atoms with E-state index in [9.17, 15) is 10.2 Å². The second kappa shape index (κ2) is 18.3. The van der Waals surface area contributed by atoms with Gasteiger partial charge in [0, 0.05) is 29.5 Å². The van der Waals surface area contributed by atoms with Crippen molar-refractivity contribution in [1.29, 1.82) is 0 Å². The van der Waals surface area contributed by atoms with E-state index in [4.69, 9.17) is 0 Å². The molecule has 0 aliphatic heterocycles. The van der Waals surface area contributed by atoms with Crippen LogP contribution in [0.1, 0.15) is 72.9 Å². The summed E-state index contributed by atoms with van der Waals surface area (Å²) in [5.41, 5.74) is 34.0. The summed E-state index contributed by atoms with van der Waals surface area (Å²) in [6.07, 6.45) is 7.15. The SMILES string of the molecule is C=CC1(CCCO)c2cc(-c3ccc4c(c3)C(C)(C)c3cc(-c5ccc6c(c5)C(C=C)(CCCO)c5cc(-c7ccc8c9c(cccc79)-c7ccccc7-8)ccc5-6)ccc3-4)ccc2-c2ccc(-c3ccc4c5c(cccc35)-c3ccccc3-4)cc21. The minimum absolute atomic E-state index is 0.115. The summed E-state index contributed by atoms with van der Waals surface area (Å²) in [5, 5.41) is 26.1. The highest BCUT2D eigenvalue weighted by Crippen LogP contribution is 2.59. The van der Waals surface area contributed by atoms with Crippen molar-refractivity contribution >= 4 is 21.5 Å². The summed E-state index contributed by atoms with van der Waals surface area (Å²) in [4.78, 5) is 0. The van der Waals surface area contributed by atoms with Crippen LogP contribution >= 0.6 is 0 Å². The molecule has 5 aliphatic carbocycles. The van der Waals surface area contributed by atoms with Gasteiger partial charge in [-0.2, -0.15) is 0 Å². The largest absolute Gasteiger partial charge is 0.396 e. The first kappa shape index (κ1) is 50.1. The summed E-state index contributed by atoms with van der Waals surface area (Å²) < 4.78 is 0. The average molecular weight is 1090 g/mol. The molecular formula is C83H62O2. The summed E-state index contributed by atoms with van der Waals surface area (Å²) in [7, 11) is 0. The van der Waals surface area contributed by atoms with E-state index in [2.05, 4.69) is 258 Å². The number of fused-ring (bicyclic) bond motifs is 15. The number of aliphatic hydroxyl groups is 2.